The number of fused-ring (bicyclic) bond motifs is 2. The molecule has 1 unspecified atom stereocenters. The number of hydrogen-bond acceptors (Lipinski definition) is 4. The van der Waals surface area contributed by atoms with Gasteiger partial charge in [0.2, 0.25) is 0 Å². The highest BCUT2D eigenvalue weighted by atomic mass is 15.0. The SMILES string of the molecule is CC[C@H]1C[C@H]2C[C@@H](C)CC(c3ccc(-c4ccccc4-c4nc(-c5ccccc5)nc(-c5cccc(C#N)c5)n4)cc3)(C2)C1. The van der Waals surface area contributed by atoms with E-state index in [1.165, 1.54) is 49.7 Å². The van der Waals surface area contributed by atoms with E-state index in [-0.39, 0.29) is 0 Å². The second-order valence-electron chi connectivity index (χ2n) is 13.1. The molecule has 4 heteroatoms. The summed E-state index contributed by atoms with van der Waals surface area (Å²) < 4.78 is 0. The van der Waals surface area contributed by atoms with Crippen molar-refractivity contribution < 1.29 is 0 Å². The summed E-state index contributed by atoms with van der Waals surface area (Å²) in [4.78, 5) is 14.8. The van der Waals surface area contributed by atoms with Gasteiger partial charge in [0.15, 0.2) is 17.5 Å². The number of nitrogens with zero attached hydrogens (tertiary/aromatic N) is 4. The van der Waals surface area contributed by atoms with E-state index >= 15 is 0 Å². The van der Waals surface area contributed by atoms with Crippen LogP contribution in [0.2, 0.25) is 0 Å². The van der Waals surface area contributed by atoms with Crippen molar-refractivity contribution in [3.8, 4) is 51.4 Å². The van der Waals surface area contributed by atoms with Crippen molar-refractivity contribution >= 4 is 0 Å². The van der Waals surface area contributed by atoms with Crippen LogP contribution < -0.4 is 0 Å². The molecule has 0 aliphatic heterocycles. The zero-order chi connectivity index (χ0) is 30.1. The maximum atomic E-state index is 9.52. The van der Waals surface area contributed by atoms with Crippen LogP contribution >= 0.6 is 0 Å². The largest absolute Gasteiger partial charge is 0.208 e. The number of rotatable bonds is 6. The Balaban J connectivity index is 1.30. The highest BCUT2D eigenvalue weighted by Crippen LogP contribution is 2.54. The van der Waals surface area contributed by atoms with E-state index in [1.54, 1.807) is 6.07 Å². The summed E-state index contributed by atoms with van der Waals surface area (Å²) in [6.07, 6.45) is 8.06. The average Bonchev–Trinajstić information content (AvgIpc) is 3.08. The van der Waals surface area contributed by atoms with Crippen LogP contribution in [0, 0.1) is 29.1 Å². The first-order chi connectivity index (χ1) is 21.5. The van der Waals surface area contributed by atoms with E-state index in [0.29, 0.717) is 28.5 Å². The van der Waals surface area contributed by atoms with Crippen LogP contribution in [-0.2, 0) is 5.41 Å². The molecule has 0 spiro atoms. The highest BCUT2D eigenvalue weighted by Gasteiger charge is 2.45. The van der Waals surface area contributed by atoms with Crippen LogP contribution in [-0.4, -0.2) is 15.0 Å². The van der Waals surface area contributed by atoms with Gasteiger partial charge in [0.05, 0.1) is 11.6 Å². The van der Waals surface area contributed by atoms with E-state index in [2.05, 4.69) is 62.4 Å². The summed E-state index contributed by atoms with van der Waals surface area (Å²) in [5.74, 6) is 4.28. The smallest absolute Gasteiger partial charge is 0.164 e. The fraction of sp³-hybridized carbons (Fsp3) is 0.300. The standard InChI is InChI=1S/C40H38N4/c1-3-28-21-30-20-27(2)23-40(24-28,25-30)34-18-16-31(17-19-34)35-14-7-8-15-36(35)39-43-37(32-11-5-4-6-12-32)42-38(44-39)33-13-9-10-29(22-33)26-41/h4-19,22,27-28,30H,3,20-21,23-25H2,1-2H3/t27-,28+,30-,40?/m1/s1. The molecule has 5 aromatic rings. The molecule has 0 amide bonds. The molecule has 2 bridgehead atoms. The number of nitriles is 1. The molecule has 218 valence electrons. The minimum atomic E-state index is 0.310. The van der Waals surface area contributed by atoms with Crippen molar-refractivity contribution in [2.24, 2.45) is 17.8 Å². The van der Waals surface area contributed by atoms with E-state index in [4.69, 9.17) is 15.0 Å². The van der Waals surface area contributed by atoms with Crippen LogP contribution in [0.3, 0.4) is 0 Å². The predicted molar refractivity (Wildman–Crippen MR) is 177 cm³/mol. The first-order valence-electron chi connectivity index (χ1n) is 16.1. The predicted octanol–water partition coefficient (Wildman–Crippen LogP) is 9.91. The molecular formula is C40H38N4. The molecule has 4 atom stereocenters. The van der Waals surface area contributed by atoms with Gasteiger partial charge in [-0.15, -0.1) is 0 Å². The van der Waals surface area contributed by atoms with Gasteiger partial charge >= 0.3 is 0 Å². The van der Waals surface area contributed by atoms with Crippen molar-refractivity contribution in [2.75, 3.05) is 0 Å². The third kappa shape index (κ3) is 5.44. The minimum absolute atomic E-state index is 0.310. The molecule has 0 radical (unpaired) electrons. The Morgan fingerprint density at radius 2 is 1.36 bits per heavy atom. The lowest BCUT2D eigenvalue weighted by molar-refractivity contribution is 0.0702. The molecule has 2 fully saturated rings. The lowest BCUT2D eigenvalue weighted by atomic mass is 9.54. The molecule has 44 heavy (non-hydrogen) atoms. The van der Waals surface area contributed by atoms with Crippen LogP contribution in [0.4, 0.5) is 0 Å². The summed E-state index contributed by atoms with van der Waals surface area (Å²) in [7, 11) is 0. The molecule has 2 saturated carbocycles. The zero-order valence-electron chi connectivity index (χ0n) is 25.6. The Morgan fingerprint density at radius 3 is 2.11 bits per heavy atom. The Morgan fingerprint density at radius 1 is 0.682 bits per heavy atom. The third-order valence-corrected chi connectivity index (χ3v) is 9.97. The first kappa shape index (κ1) is 28.2. The number of aromatic nitrogens is 3. The van der Waals surface area contributed by atoms with Crippen molar-refractivity contribution in [1.82, 2.24) is 15.0 Å². The van der Waals surface area contributed by atoms with Gasteiger partial charge in [-0.25, -0.2) is 15.0 Å². The topological polar surface area (TPSA) is 62.5 Å². The van der Waals surface area contributed by atoms with Crippen LogP contribution in [0.1, 0.15) is 63.5 Å². The van der Waals surface area contributed by atoms with Gasteiger partial charge in [0.25, 0.3) is 0 Å². The Hall–Kier alpha value is -4.62. The Kier molecular flexibility index (Phi) is 7.56. The van der Waals surface area contributed by atoms with Crippen molar-refractivity contribution in [3.05, 3.63) is 114 Å². The van der Waals surface area contributed by atoms with E-state index in [0.717, 1.165) is 40.0 Å². The van der Waals surface area contributed by atoms with Gasteiger partial charge in [-0.1, -0.05) is 111 Å². The fourth-order valence-corrected chi connectivity index (χ4v) is 8.16. The molecule has 2 aliphatic rings. The first-order valence-corrected chi connectivity index (χ1v) is 16.1. The summed E-state index contributed by atoms with van der Waals surface area (Å²) in [5, 5.41) is 9.52. The maximum Gasteiger partial charge on any atom is 0.164 e. The Bertz CT molecular complexity index is 1820. The van der Waals surface area contributed by atoms with Crippen LogP contribution in [0.15, 0.2) is 103 Å². The summed E-state index contributed by atoms with van der Waals surface area (Å²) in [6.45, 7) is 4.83. The zero-order valence-corrected chi connectivity index (χ0v) is 25.6. The normalized spacial score (nSPS) is 22.7. The second-order valence-corrected chi connectivity index (χ2v) is 13.1. The summed E-state index contributed by atoms with van der Waals surface area (Å²) in [6, 6.07) is 37.5. The molecular weight excluding hydrogens is 536 g/mol. The summed E-state index contributed by atoms with van der Waals surface area (Å²) >= 11 is 0. The average molecular weight is 575 g/mol. The van der Waals surface area contributed by atoms with Gasteiger partial charge in [-0.3, -0.25) is 0 Å². The highest BCUT2D eigenvalue weighted by molar-refractivity contribution is 5.82. The Labute approximate surface area is 260 Å². The van der Waals surface area contributed by atoms with Gasteiger partial charge in [0.1, 0.15) is 0 Å². The monoisotopic (exact) mass is 574 g/mol. The molecule has 1 aromatic heterocycles. The van der Waals surface area contributed by atoms with E-state index < -0.39 is 0 Å². The quantitative estimate of drug-likeness (QED) is 0.202. The van der Waals surface area contributed by atoms with Crippen LogP contribution in [0.25, 0.3) is 45.3 Å². The minimum Gasteiger partial charge on any atom is -0.208 e. The van der Waals surface area contributed by atoms with Gasteiger partial charge < -0.3 is 0 Å². The van der Waals surface area contributed by atoms with E-state index in [9.17, 15) is 5.26 Å². The molecule has 7 rings (SSSR count). The van der Waals surface area contributed by atoms with Crippen molar-refractivity contribution in [1.29, 1.82) is 5.26 Å². The molecule has 2 aliphatic carbocycles. The van der Waals surface area contributed by atoms with Gasteiger partial charge in [-0.05, 0) is 84.1 Å². The number of hydrogen-bond donors (Lipinski definition) is 0. The van der Waals surface area contributed by atoms with Gasteiger partial charge in [-0.2, -0.15) is 5.26 Å². The molecule has 4 aromatic carbocycles. The fourth-order valence-electron chi connectivity index (χ4n) is 8.16. The molecule has 0 N–H and O–H groups in total. The molecule has 1 heterocycles. The third-order valence-electron chi connectivity index (χ3n) is 9.97. The summed E-state index contributed by atoms with van der Waals surface area (Å²) in [5.41, 5.74) is 7.35. The molecule has 0 saturated heterocycles. The van der Waals surface area contributed by atoms with Crippen molar-refractivity contribution in [3.63, 3.8) is 0 Å². The van der Waals surface area contributed by atoms with Gasteiger partial charge in [0, 0.05) is 16.7 Å². The lowest BCUT2D eigenvalue weighted by Crippen LogP contribution is -2.42. The van der Waals surface area contributed by atoms with Crippen LogP contribution in [0.5, 0.6) is 0 Å². The lowest BCUT2D eigenvalue weighted by Gasteiger charge is -2.51. The second kappa shape index (κ2) is 11.8. The molecule has 4 nitrogen and oxygen atoms in total. The van der Waals surface area contributed by atoms with Crippen molar-refractivity contribution in [2.45, 2.75) is 57.8 Å². The van der Waals surface area contributed by atoms with E-state index in [1.807, 2.05) is 54.6 Å². The number of benzene rings is 4. The maximum absolute atomic E-state index is 9.52.